The van der Waals surface area contributed by atoms with Crippen LogP contribution in [0.2, 0.25) is 0 Å². The molecule has 3 saturated heterocycles. The molecule has 6 rings (SSSR count). The molecular formula is C41H50N8O10S2. The molecule has 3 aliphatic heterocycles. The summed E-state index contributed by atoms with van der Waals surface area (Å²) in [6.45, 7) is 14.5. The van der Waals surface area contributed by atoms with Crippen LogP contribution >= 0.6 is 23.1 Å². The maximum absolute atomic E-state index is 14.8. The number of urea groups is 1. The third-order valence-corrected chi connectivity index (χ3v) is 11.9. The van der Waals surface area contributed by atoms with Gasteiger partial charge in [0.25, 0.3) is 5.91 Å². The van der Waals surface area contributed by atoms with Crippen molar-refractivity contribution in [2.45, 2.75) is 108 Å². The van der Waals surface area contributed by atoms with Gasteiger partial charge in [-0.15, -0.1) is 11.3 Å². The van der Waals surface area contributed by atoms with E-state index in [2.05, 4.69) is 20.8 Å². The maximum Gasteiger partial charge on any atom is 0.413 e. The molecule has 61 heavy (non-hydrogen) atoms. The lowest BCUT2D eigenvalue weighted by Crippen LogP contribution is -2.68. The highest BCUT2D eigenvalue weighted by Gasteiger charge is 2.68. The minimum atomic E-state index is -1.78. The molecule has 326 valence electrons. The number of esters is 2. The van der Waals surface area contributed by atoms with E-state index in [4.69, 9.17) is 24.9 Å². The summed E-state index contributed by atoms with van der Waals surface area (Å²) in [4.78, 5) is 93.1. The number of amides is 5. The van der Waals surface area contributed by atoms with Crippen molar-refractivity contribution < 1.29 is 47.8 Å². The molecule has 0 saturated carbocycles. The number of hydrazine groups is 1. The van der Waals surface area contributed by atoms with Gasteiger partial charge in [-0.2, -0.15) is 0 Å². The van der Waals surface area contributed by atoms with Crippen molar-refractivity contribution in [1.29, 1.82) is 0 Å². The van der Waals surface area contributed by atoms with Crippen molar-refractivity contribution in [3.63, 3.8) is 0 Å². The lowest BCUT2D eigenvalue weighted by molar-refractivity contribution is -0.179. The van der Waals surface area contributed by atoms with Gasteiger partial charge in [-0.25, -0.2) is 30.0 Å². The fourth-order valence-corrected chi connectivity index (χ4v) is 9.11. The minimum absolute atomic E-state index is 0.0550. The Balaban J connectivity index is 1.30. The number of rotatable bonds is 12. The molecule has 0 aliphatic carbocycles. The van der Waals surface area contributed by atoms with E-state index in [0.29, 0.717) is 11.1 Å². The molecule has 3 aliphatic rings. The summed E-state index contributed by atoms with van der Waals surface area (Å²) in [7, 11) is 0. The summed E-state index contributed by atoms with van der Waals surface area (Å²) in [5.74, 6) is 3.04. The molecule has 3 aromatic rings. The predicted molar refractivity (Wildman–Crippen MR) is 226 cm³/mol. The van der Waals surface area contributed by atoms with E-state index in [-0.39, 0.29) is 23.9 Å². The van der Waals surface area contributed by atoms with Gasteiger partial charge in [0.05, 0.1) is 19.1 Å². The zero-order valence-electron chi connectivity index (χ0n) is 35.3. The van der Waals surface area contributed by atoms with Crippen molar-refractivity contribution >= 4 is 69.8 Å². The van der Waals surface area contributed by atoms with E-state index in [1.807, 2.05) is 60.7 Å². The molecular weight excluding hydrogens is 829 g/mol. The van der Waals surface area contributed by atoms with Gasteiger partial charge in [0.1, 0.15) is 28.3 Å². The molecule has 0 radical (unpaired) electrons. The Kier molecular flexibility index (Phi) is 12.5. The summed E-state index contributed by atoms with van der Waals surface area (Å²) in [6, 6.07) is 15.8. The number of anilines is 1. The average Bonchev–Trinajstić information content (AvgIpc) is 3.85. The van der Waals surface area contributed by atoms with Gasteiger partial charge in [-0.3, -0.25) is 24.8 Å². The SMILES string of the molecule is C[C@H]1CN(N)C(=O)N1[C@]1(C(=O)OC(c2ccccc2)c2ccccc2)CN2C(=O)[C@@H](NC(=O)/C(=N\OC(C)(C)C(=O)OC(C)(C)C)c3csc(NC(=O)OC(C)(C)C)n3)[C@H]2S1. The van der Waals surface area contributed by atoms with Gasteiger partial charge in [0.2, 0.25) is 16.4 Å². The number of benzene rings is 2. The molecule has 0 spiro atoms. The molecule has 0 unspecified atom stereocenters. The number of carbonyl (C=O) groups is 6. The van der Waals surface area contributed by atoms with Crippen LogP contribution < -0.4 is 16.5 Å². The van der Waals surface area contributed by atoms with Crippen LogP contribution in [0.3, 0.4) is 0 Å². The van der Waals surface area contributed by atoms with Crippen LogP contribution in [0.25, 0.3) is 0 Å². The molecule has 5 amide bonds. The monoisotopic (exact) mass is 878 g/mol. The topological polar surface area (TPSA) is 224 Å². The smallest absolute Gasteiger partial charge is 0.413 e. The Bertz CT molecular complexity index is 2170. The Morgan fingerprint density at radius 1 is 0.918 bits per heavy atom. The number of aromatic nitrogens is 1. The molecule has 18 nitrogen and oxygen atoms in total. The van der Waals surface area contributed by atoms with Crippen LogP contribution in [0.5, 0.6) is 0 Å². The average molecular weight is 879 g/mol. The van der Waals surface area contributed by atoms with Crippen molar-refractivity contribution in [3.05, 3.63) is 82.9 Å². The highest BCUT2D eigenvalue weighted by atomic mass is 32.2. The van der Waals surface area contributed by atoms with E-state index in [9.17, 15) is 28.8 Å². The predicted octanol–water partition coefficient (Wildman–Crippen LogP) is 4.76. The number of β-lactam (4-membered cyclic amide) rings is 1. The van der Waals surface area contributed by atoms with Crippen molar-refractivity contribution in [2.75, 3.05) is 18.4 Å². The van der Waals surface area contributed by atoms with Gasteiger partial charge in [-0.1, -0.05) is 77.6 Å². The number of ether oxygens (including phenoxy) is 3. The molecule has 1 aromatic heterocycles. The first-order valence-corrected chi connectivity index (χ1v) is 21.2. The first-order chi connectivity index (χ1) is 28.5. The second-order valence-corrected chi connectivity index (χ2v) is 19.4. The van der Waals surface area contributed by atoms with E-state index < -0.39 is 86.8 Å². The van der Waals surface area contributed by atoms with Crippen molar-refractivity contribution in [1.82, 2.24) is 25.1 Å². The molecule has 4 heterocycles. The Hall–Kier alpha value is -5.73. The van der Waals surface area contributed by atoms with E-state index in [1.54, 1.807) is 48.5 Å². The number of thiazole rings is 1. The Morgan fingerprint density at radius 3 is 2.05 bits per heavy atom. The lowest BCUT2D eigenvalue weighted by Gasteiger charge is -2.41. The molecule has 0 bridgehead atoms. The molecule has 3 fully saturated rings. The summed E-state index contributed by atoms with van der Waals surface area (Å²) in [5.41, 5.74) is -2.50. The number of nitrogens with one attached hydrogen (secondary N) is 2. The summed E-state index contributed by atoms with van der Waals surface area (Å²) < 4.78 is 17.1. The van der Waals surface area contributed by atoms with E-state index in [1.165, 1.54) is 29.0 Å². The fourth-order valence-electron chi connectivity index (χ4n) is 6.68. The van der Waals surface area contributed by atoms with Gasteiger partial charge >= 0.3 is 24.1 Å². The summed E-state index contributed by atoms with van der Waals surface area (Å²) >= 11 is 1.95. The standard InChI is InChI=1S/C41H50N8O10S2/c1-23-20-48(42)37(55)49(23)41(34(53)56-29(24-16-12-10-13-17-24)25-18-14-11-15-19-25)22-47-31(51)28(32(47)61-41)44-30(50)27(46-59-40(8,9)33(52)57-38(2,3)4)26-21-60-35(43-26)45-36(54)58-39(5,6)7/h10-19,21,23,28-29,32H,20,22,42H2,1-9H3,(H,44,50)(H,43,45,54)/b46-27-/t23-,28+,32+,41+/m0/s1. The van der Waals surface area contributed by atoms with Crippen LogP contribution in [0.1, 0.15) is 85.2 Å². The van der Waals surface area contributed by atoms with E-state index in [0.717, 1.165) is 28.1 Å². The number of nitrogens with zero attached hydrogens (tertiary/aromatic N) is 5. The first kappa shape index (κ1) is 44.8. The third-order valence-electron chi connectivity index (χ3n) is 9.44. The number of fused-ring (bicyclic) bond motifs is 1. The Morgan fingerprint density at radius 2 is 1.51 bits per heavy atom. The quantitative estimate of drug-likeness (QED) is 0.0425. The zero-order valence-corrected chi connectivity index (χ0v) is 36.9. The Labute approximate surface area is 361 Å². The summed E-state index contributed by atoms with van der Waals surface area (Å²) in [6.07, 6.45) is -1.66. The second-order valence-electron chi connectivity index (χ2n) is 17.2. The highest BCUT2D eigenvalue weighted by Crippen LogP contribution is 2.51. The second kappa shape index (κ2) is 17.0. The summed E-state index contributed by atoms with van der Waals surface area (Å²) in [5, 5.41) is 10.9. The number of oxime groups is 1. The van der Waals surface area contributed by atoms with Crippen molar-refractivity contribution in [3.8, 4) is 0 Å². The molecule has 4 N–H and O–H groups in total. The zero-order chi connectivity index (χ0) is 44.7. The van der Waals surface area contributed by atoms with Gasteiger partial charge in [-0.05, 0) is 73.4 Å². The van der Waals surface area contributed by atoms with E-state index >= 15 is 0 Å². The van der Waals surface area contributed by atoms with Gasteiger partial charge in [0.15, 0.2) is 16.9 Å². The van der Waals surface area contributed by atoms with Crippen LogP contribution in [0.4, 0.5) is 14.7 Å². The number of carbonyl (C=O) groups excluding carboxylic acids is 6. The molecule has 4 atom stereocenters. The molecule has 20 heteroatoms. The highest BCUT2D eigenvalue weighted by molar-refractivity contribution is 8.02. The number of hydrogen-bond donors (Lipinski definition) is 3. The first-order valence-electron chi connectivity index (χ1n) is 19.4. The fraction of sp³-hybridized carbons (Fsp3) is 0.463. The number of nitrogens with two attached hydrogens (primary N) is 1. The minimum Gasteiger partial charge on any atom is -0.457 e. The van der Waals surface area contributed by atoms with Crippen LogP contribution in [0, 0.1) is 0 Å². The third kappa shape index (κ3) is 9.76. The van der Waals surface area contributed by atoms with Crippen LogP contribution in [-0.4, -0.2) is 114 Å². The van der Waals surface area contributed by atoms with Gasteiger partial charge < -0.3 is 29.3 Å². The largest absolute Gasteiger partial charge is 0.457 e. The number of thioether (sulfide) groups is 1. The van der Waals surface area contributed by atoms with Crippen LogP contribution in [-0.2, 0) is 38.2 Å². The normalized spacial score (nSPS) is 21.8. The lowest BCUT2D eigenvalue weighted by atomic mass is 10.0. The molecule has 2 aromatic carbocycles. The van der Waals surface area contributed by atoms with Crippen LogP contribution in [0.15, 0.2) is 71.2 Å². The van der Waals surface area contributed by atoms with Gasteiger partial charge in [0, 0.05) is 5.38 Å². The maximum atomic E-state index is 14.8. The van der Waals surface area contributed by atoms with Crippen molar-refractivity contribution in [2.24, 2.45) is 11.0 Å². The number of hydrogen-bond acceptors (Lipinski definition) is 15.